The molecule has 0 bridgehead atoms. The molecule has 0 saturated heterocycles. The van der Waals surface area contributed by atoms with E-state index in [9.17, 15) is 14.7 Å². The van der Waals surface area contributed by atoms with Crippen molar-refractivity contribution in [2.24, 2.45) is 5.92 Å². The van der Waals surface area contributed by atoms with Crippen LogP contribution in [0.4, 0.5) is 4.79 Å². The van der Waals surface area contributed by atoms with Crippen LogP contribution in [0.5, 0.6) is 0 Å². The molecular weight excluding hydrogens is 390 g/mol. The molecule has 3 aromatic rings. The molecule has 1 aliphatic rings. The van der Waals surface area contributed by atoms with Crippen molar-refractivity contribution in [2.75, 3.05) is 6.61 Å². The van der Waals surface area contributed by atoms with Gasteiger partial charge in [-0.1, -0.05) is 78.9 Å². The Balaban J connectivity index is 1.40. The number of fused-ring (bicyclic) bond motifs is 3. The summed E-state index contributed by atoms with van der Waals surface area (Å²) < 4.78 is 5.55. The first-order valence-electron chi connectivity index (χ1n) is 10.4. The van der Waals surface area contributed by atoms with Gasteiger partial charge in [0, 0.05) is 12.0 Å². The number of hydrogen-bond acceptors (Lipinski definition) is 3. The topological polar surface area (TPSA) is 75.6 Å². The molecule has 5 nitrogen and oxygen atoms in total. The molecule has 2 N–H and O–H groups in total. The Bertz CT molecular complexity index is 1030. The average Bonchev–Trinajstić information content (AvgIpc) is 3.10. The number of rotatable bonds is 7. The van der Waals surface area contributed by atoms with Gasteiger partial charge in [-0.05, 0) is 41.2 Å². The zero-order chi connectivity index (χ0) is 21.8. The van der Waals surface area contributed by atoms with Crippen molar-refractivity contribution >= 4 is 12.1 Å². The number of carboxylic acid groups (broad SMARTS) is 1. The summed E-state index contributed by atoms with van der Waals surface area (Å²) in [6, 6.07) is 25.1. The second-order valence-corrected chi connectivity index (χ2v) is 7.89. The fourth-order valence-corrected chi connectivity index (χ4v) is 4.27. The molecular formula is C26H25NO4. The van der Waals surface area contributed by atoms with E-state index >= 15 is 0 Å². The molecule has 0 aliphatic heterocycles. The Kier molecular flexibility index (Phi) is 6.03. The third kappa shape index (κ3) is 4.45. The van der Waals surface area contributed by atoms with Crippen molar-refractivity contribution in [3.63, 3.8) is 0 Å². The number of nitrogens with one attached hydrogen (secondary N) is 1. The van der Waals surface area contributed by atoms with Gasteiger partial charge in [-0.15, -0.1) is 0 Å². The Morgan fingerprint density at radius 2 is 1.45 bits per heavy atom. The number of amides is 1. The summed E-state index contributed by atoms with van der Waals surface area (Å²) in [4.78, 5) is 24.3. The van der Waals surface area contributed by atoms with Gasteiger partial charge in [-0.25, -0.2) is 4.79 Å². The monoisotopic (exact) mass is 415 g/mol. The van der Waals surface area contributed by atoms with E-state index in [1.165, 1.54) is 0 Å². The molecule has 5 heteroatoms. The van der Waals surface area contributed by atoms with Crippen LogP contribution in [0.25, 0.3) is 11.1 Å². The average molecular weight is 415 g/mol. The highest BCUT2D eigenvalue weighted by Gasteiger charge is 2.30. The van der Waals surface area contributed by atoms with E-state index in [1.54, 1.807) is 6.92 Å². The first-order valence-corrected chi connectivity index (χ1v) is 10.4. The van der Waals surface area contributed by atoms with E-state index in [4.69, 9.17) is 4.74 Å². The van der Waals surface area contributed by atoms with Crippen molar-refractivity contribution in [3.8, 4) is 11.1 Å². The lowest BCUT2D eigenvalue weighted by molar-refractivity contribution is -0.142. The number of carboxylic acids is 1. The highest BCUT2D eigenvalue weighted by atomic mass is 16.5. The molecule has 0 spiro atoms. The van der Waals surface area contributed by atoms with Crippen LogP contribution >= 0.6 is 0 Å². The largest absolute Gasteiger partial charge is 0.481 e. The van der Waals surface area contributed by atoms with E-state index < -0.39 is 24.0 Å². The van der Waals surface area contributed by atoms with Crippen molar-refractivity contribution in [1.82, 2.24) is 5.32 Å². The SMILES string of the molecule is CC(NC(=O)OCC1c2ccccc2-c2ccccc21)C(Cc1ccccc1)C(=O)O. The van der Waals surface area contributed by atoms with E-state index in [0.29, 0.717) is 6.42 Å². The molecule has 0 radical (unpaired) electrons. The van der Waals surface area contributed by atoms with Crippen LogP contribution in [0.15, 0.2) is 78.9 Å². The van der Waals surface area contributed by atoms with Crippen LogP contribution < -0.4 is 5.32 Å². The highest BCUT2D eigenvalue weighted by molar-refractivity contribution is 5.79. The maximum absolute atomic E-state index is 12.5. The summed E-state index contributed by atoms with van der Waals surface area (Å²) in [5.41, 5.74) is 5.51. The van der Waals surface area contributed by atoms with Gasteiger partial charge in [0.15, 0.2) is 0 Å². The molecule has 158 valence electrons. The van der Waals surface area contributed by atoms with Crippen LogP contribution in [0.2, 0.25) is 0 Å². The third-order valence-electron chi connectivity index (χ3n) is 5.91. The Labute approximate surface area is 181 Å². The quantitative estimate of drug-likeness (QED) is 0.578. The minimum absolute atomic E-state index is 0.0342. The van der Waals surface area contributed by atoms with Crippen molar-refractivity contribution < 1.29 is 19.4 Å². The van der Waals surface area contributed by atoms with Gasteiger partial charge >= 0.3 is 12.1 Å². The van der Waals surface area contributed by atoms with Crippen LogP contribution in [0.3, 0.4) is 0 Å². The highest BCUT2D eigenvalue weighted by Crippen LogP contribution is 2.44. The number of carbonyl (C=O) groups excluding carboxylic acids is 1. The Hall–Kier alpha value is -3.60. The minimum atomic E-state index is -0.949. The summed E-state index contributed by atoms with van der Waals surface area (Å²) in [6.07, 6.45) is -0.269. The van der Waals surface area contributed by atoms with Crippen LogP contribution in [0, 0.1) is 5.92 Å². The Morgan fingerprint density at radius 3 is 2.03 bits per heavy atom. The lowest BCUT2D eigenvalue weighted by Gasteiger charge is -2.22. The predicted octanol–water partition coefficient (Wildman–Crippen LogP) is 4.86. The van der Waals surface area contributed by atoms with Gasteiger partial charge in [0.2, 0.25) is 0 Å². The number of alkyl carbamates (subject to hydrolysis) is 1. The van der Waals surface area contributed by atoms with Crippen LogP contribution in [-0.4, -0.2) is 29.8 Å². The summed E-state index contributed by atoms with van der Waals surface area (Å²) in [5.74, 6) is -1.73. The van der Waals surface area contributed by atoms with Crippen molar-refractivity contribution in [2.45, 2.75) is 25.3 Å². The zero-order valence-electron chi connectivity index (χ0n) is 17.3. The van der Waals surface area contributed by atoms with E-state index in [2.05, 4.69) is 29.6 Å². The second-order valence-electron chi connectivity index (χ2n) is 7.89. The normalized spacial score (nSPS) is 14.2. The first kappa shape index (κ1) is 20.7. The molecule has 0 heterocycles. The first-order chi connectivity index (χ1) is 15.0. The molecule has 2 unspecified atom stereocenters. The zero-order valence-corrected chi connectivity index (χ0v) is 17.3. The van der Waals surface area contributed by atoms with Crippen LogP contribution in [0.1, 0.15) is 29.5 Å². The smallest absolute Gasteiger partial charge is 0.407 e. The van der Waals surface area contributed by atoms with Gasteiger partial charge < -0.3 is 15.2 Å². The lowest BCUT2D eigenvalue weighted by atomic mass is 9.93. The standard InChI is InChI=1S/C26H25NO4/c1-17(23(25(28)29)15-18-9-3-2-4-10-18)27-26(30)31-16-24-21-13-7-5-11-19(21)20-12-6-8-14-22(20)24/h2-14,17,23-24H,15-16H2,1H3,(H,27,30)(H,28,29). The van der Waals surface area contributed by atoms with Crippen molar-refractivity contribution in [3.05, 3.63) is 95.6 Å². The number of carbonyl (C=O) groups is 2. The Morgan fingerprint density at radius 1 is 0.903 bits per heavy atom. The maximum Gasteiger partial charge on any atom is 0.407 e. The molecule has 31 heavy (non-hydrogen) atoms. The summed E-state index contributed by atoms with van der Waals surface area (Å²) in [5, 5.41) is 12.4. The second kappa shape index (κ2) is 9.04. The van der Waals surface area contributed by atoms with Crippen molar-refractivity contribution in [1.29, 1.82) is 0 Å². The fraction of sp³-hybridized carbons (Fsp3) is 0.231. The number of ether oxygens (including phenoxy) is 1. The van der Waals surface area contributed by atoms with Gasteiger partial charge in [-0.3, -0.25) is 4.79 Å². The van der Waals surface area contributed by atoms with E-state index in [1.807, 2.05) is 54.6 Å². The van der Waals surface area contributed by atoms with Crippen LogP contribution in [-0.2, 0) is 16.0 Å². The van der Waals surface area contributed by atoms with Gasteiger partial charge in [0.1, 0.15) is 6.61 Å². The molecule has 1 amide bonds. The third-order valence-corrected chi connectivity index (χ3v) is 5.91. The molecule has 0 aromatic heterocycles. The molecule has 0 saturated carbocycles. The minimum Gasteiger partial charge on any atom is -0.481 e. The number of aliphatic carboxylic acids is 1. The lowest BCUT2D eigenvalue weighted by Crippen LogP contribution is -2.42. The molecule has 1 aliphatic carbocycles. The summed E-state index contributed by atoms with van der Waals surface area (Å²) >= 11 is 0. The van der Waals surface area contributed by atoms with Gasteiger partial charge in [-0.2, -0.15) is 0 Å². The number of benzene rings is 3. The summed E-state index contributed by atoms with van der Waals surface area (Å²) in [7, 11) is 0. The molecule has 3 aromatic carbocycles. The van der Waals surface area contributed by atoms with Gasteiger partial charge in [0.25, 0.3) is 0 Å². The van der Waals surface area contributed by atoms with Gasteiger partial charge in [0.05, 0.1) is 5.92 Å². The number of hydrogen-bond donors (Lipinski definition) is 2. The maximum atomic E-state index is 12.5. The summed E-state index contributed by atoms with van der Waals surface area (Å²) in [6.45, 7) is 1.90. The van der Waals surface area contributed by atoms with E-state index in [0.717, 1.165) is 27.8 Å². The predicted molar refractivity (Wildman–Crippen MR) is 119 cm³/mol. The molecule has 0 fully saturated rings. The molecule has 2 atom stereocenters. The molecule has 4 rings (SSSR count). The fourth-order valence-electron chi connectivity index (χ4n) is 4.27. The van der Waals surface area contributed by atoms with E-state index in [-0.39, 0.29) is 12.5 Å².